The fraction of sp³-hybridized carbons (Fsp3) is 0.682. The lowest BCUT2D eigenvalue weighted by molar-refractivity contribution is -0.124. The van der Waals surface area contributed by atoms with Crippen LogP contribution in [0.15, 0.2) is 18.2 Å². The van der Waals surface area contributed by atoms with Crippen molar-refractivity contribution in [2.75, 3.05) is 32.8 Å². The number of fused-ring (bicyclic) bond motifs is 1. The summed E-state index contributed by atoms with van der Waals surface area (Å²) in [5.41, 5.74) is 1.05. The number of rotatable bonds is 8. The molecule has 0 radical (unpaired) electrons. The van der Waals surface area contributed by atoms with Gasteiger partial charge >= 0.3 is 0 Å². The molecule has 27 heavy (non-hydrogen) atoms. The van der Waals surface area contributed by atoms with Gasteiger partial charge in [0.25, 0.3) is 0 Å². The minimum atomic E-state index is -0.104. The quantitative estimate of drug-likeness (QED) is 0.756. The van der Waals surface area contributed by atoms with Gasteiger partial charge in [-0.15, -0.1) is 0 Å². The van der Waals surface area contributed by atoms with E-state index in [2.05, 4.69) is 31.0 Å². The van der Waals surface area contributed by atoms with Gasteiger partial charge in [-0.25, -0.2) is 0 Å². The molecular formula is C22H34N2O3. The summed E-state index contributed by atoms with van der Waals surface area (Å²) in [5.74, 6) is 2.01. The summed E-state index contributed by atoms with van der Waals surface area (Å²) in [5, 5.41) is 3.23. The molecule has 0 saturated heterocycles. The van der Waals surface area contributed by atoms with Crippen LogP contribution in [0.25, 0.3) is 0 Å². The number of carbonyl (C=O) groups is 1. The first-order chi connectivity index (χ1) is 13.1. The zero-order valence-electron chi connectivity index (χ0n) is 17.0. The topological polar surface area (TPSA) is 50.8 Å². The molecule has 0 spiro atoms. The third-order valence-corrected chi connectivity index (χ3v) is 6.09. The van der Waals surface area contributed by atoms with Crippen LogP contribution in [-0.2, 0) is 4.79 Å². The van der Waals surface area contributed by atoms with Crippen LogP contribution in [-0.4, -0.2) is 49.7 Å². The van der Waals surface area contributed by atoms with Gasteiger partial charge in [-0.05, 0) is 56.5 Å². The molecule has 5 heteroatoms. The van der Waals surface area contributed by atoms with Crippen molar-refractivity contribution < 1.29 is 14.3 Å². The molecule has 1 aromatic carbocycles. The van der Waals surface area contributed by atoms with Crippen LogP contribution < -0.4 is 14.8 Å². The predicted octanol–water partition coefficient (Wildman–Crippen LogP) is 3.58. The second-order valence-electron chi connectivity index (χ2n) is 7.74. The Morgan fingerprint density at radius 1 is 1.15 bits per heavy atom. The zero-order valence-corrected chi connectivity index (χ0v) is 17.0. The summed E-state index contributed by atoms with van der Waals surface area (Å²) in [4.78, 5) is 15.6. The Hall–Kier alpha value is -1.75. The Morgan fingerprint density at radius 2 is 1.81 bits per heavy atom. The first-order valence-corrected chi connectivity index (χ1v) is 10.5. The van der Waals surface area contributed by atoms with Crippen LogP contribution in [0.3, 0.4) is 0 Å². The number of ether oxygens (including phenoxy) is 2. The highest BCUT2D eigenvalue weighted by Gasteiger charge is 2.33. The number of likely N-dealkylation sites (N-methyl/N-ethyl adjacent to an activating group) is 1. The molecule has 1 aromatic rings. The van der Waals surface area contributed by atoms with Crippen LogP contribution in [0.4, 0.5) is 0 Å². The smallest absolute Gasteiger partial charge is 0.227 e. The molecule has 2 atom stereocenters. The number of benzene rings is 1. The fourth-order valence-corrected chi connectivity index (χ4v) is 4.52. The fourth-order valence-electron chi connectivity index (χ4n) is 4.52. The van der Waals surface area contributed by atoms with Gasteiger partial charge in [-0.2, -0.15) is 0 Å². The molecule has 2 unspecified atom stereocenters. The third-order valence-electron chi connectivity index (χ3n) is 6.09. The van der Waals surface area contributed by atoms with E-state index in [4.69, 9.17) is 9.47 Å². The van der Waals surface area contributed by atoms with Crippen molar-refractivity contribution in [3.05, 3.63) is 23.8 Å². The van der Waals surface area contributed by atoms with Gasteiger partial charge in [-0.1, -0.05) is 32.8 Å². The van der Waals surface area contributed by atoms with E-state index >= 15 is 0 Å². The van der Waals surface area contributed by atoms with Crippen molar-refractivity contribution in [2.24, 2.45) is 5.92 Å². The average Bonchev–Trinajstić information content (AvgIpc) is 3.21. The monoisotopic (exact) mass is 374 g/mol. The van der Waals surface area contributed by atoms with Crippen molar-refractivity contribution in [1.82, 2.24) is 10.2 Å². The van der Waals surface area contributed by atoms with E-state index in [0.29, 0.717) is 31.7 Å². The summed E-state index contributed by atoms with van der Waals surface area (Å²) in [6, 6.07) is 6.36. The Balaban J connectivity index is 1.74. The molecule has 1 aliphatic heterocycles. The molecule has 1 heterocycles. The molecule has 5 nitrogen and oxygen atoms in total. The molecular weight excluding hydrogens is 340 g/mol. The Labute approximate surface area is 163 Å². The first kappa shape index (κ1) is 20.0. The van der Waals surface area contributed by atoms with E-state index in [-0.39, 0.29) is 11.8 Å². The van der Waals surface area contributed by atoms with Crippen molar-refractivity contribution >= 4 is 5.91 Å². The van der Waals surface area contributed by atoms with Gasteiger partial charge in [0, 0.05) is 12.6 Å². The van der Waals surface area contributed by atoms with E-state index in [0.717, 1.165) is 43.0 Å². The minimum Gasteiger partial charge on any atom is -0.486 e. The minimum absolute atomic E-state index is 0.104. The lowest BCUT2D eigenvalue weighted by Gasteiger charge is -2.29. The van der Waals surface area contributed by atoms with Crippen LogP contribution in [0.2, 0.25) is 0 Å². The molecule has 3 rings (SSSR count). The number of carbonyl (C=O) groups excluding carboxylic acids is 1. The number of hydrogen-bond acceptors (Lipinski definition) is 4. The lowest BCUT2D eigenvalue weighted by atomic mass is 9.84. The summed E-state index contributed by atoms with van der Waals surface area (Å²) in [6.45, 7) is 10.4. The Morgan fingerprint density at radius 3 is 2.48 bits per heavy atom. The molecule has 0 aromatic heterocycles. The van der Waals surface area contributed by atoms with E-state index in [1.807, 2.05) is 18.2 Å². The first-order valence-electron chi connectivity index (χ1n) is 10.5. The molecule has 2 aliphatic rings. The third kappa shape index (κ3) is 4.75. The molecule has 0 bridgehead atoms. The number of amides is 1. The van der Waals surface area contributed by atoms with Crippen molar-refractivity contribution in [1.29, 1.82) is 0 Å². The van der Waals surface area contributed by atoms with Gasteiger partial charge < -0.3 is 14.8 Å². The maximum absolute atomic E-state index is 13.2. The standard InChI is InChI=1S/C22H34N2O3/c1-4-24(5-2)16(3)15-23-22(25)21(17-8-6-7-9-17)18-10-11-19-20(14-18)27-13-12-26-19/h10-11,14,16-17,21H,4-9,12-13,15H2,1-3H3,(H,23,25). The van der Waals surface area contributed by atoms with Gasteiger partial charge in [-0.3, -0.25) is 9.69 Å². The second-order valence-corrected chi connectivity index (χ2v) is 7.74. The van der Waals surface area contributed by atoms with Gasteiger partial charge in [0.05, 0.1) is 5.92 Å². The van der Waals surface area contributed by atoms with Gasteiger partial charge in [0.2, 0.25) is 5.91 Å². The maximum atomic E-state index is 13.2. The molecule has 1 saturated carbocycles. The van der Waals surface area contributed by atoms with E-state index < -0.39 is 0 Å². The van der Waals surface area contributed by atoms with Crippen LogP contribution in [0, 0.1) is 5.92 Å². The van der Waals surface area contributed by atoms with Gasteiger partial charge in [0.1, 0.15) is 13.2 Å². The Kier molecular flexibility index (Phi) is 7.00. The largest absolute Gasteiger partial charge is 0.486 e. The van der Waals surface area contributed by atoms with E-state index in [1.165, 1.54) is 12.8 Å². The van der Waals surface area contributed by atoms with Crippen molar-refractivity contribution in [3.63, 3.8) is 0 Å². The summed E-state index contributed by atoms with van der Waals surface area (Å²) >= 11 is 0. The van der Waals surface area contributed by atoms with Crippen LogP contribution in [0.1, 0.15) is 57.9 Å². The maximum Gasteiger partial charge on any atom is 0.227 e. The highest BCUT2D eigenvalue weighted by atomic mass is 16.6. The predicted molar refractivity (Wildman–Crippen MR) is 108 cm³/mol. The molecule has 1 aliphatic carbocycles. The SMILES string of the molecule is CCN(CC)C(C)CNC(=O)C(c1ccc2c(c1)OCCO2)C1CCCC1. The van der Waals surface area contributed by atoms with Crippen LogP contribution in [0.5, 0.6) is 11.5 Å². The van der Waals surface area contributed by atoms with E-state index in [9.17, 15) is 4.79 Å². The van der Waals surface area contributed by atoms with Crippen LogP contribution >= 0.6 is 0 Å². The molecule has 1 amide bonds. The number of nitrogens with zero attached hydrogens (tertiary/aromatic N) is 1. The highest BCUT2D eigenvalue weighted by molar-refractivity contribution is 5.84. The zero-order chi connectivity index (χ0) is 19.2. The van der Waals surface area contributed by atoms with Crippen molar-refractivity contribution in [2.45, 2.75) is 58.4 Å². The molecule has 1 fully saturated rings. The summed E-state index contributed by atoms with van der Waals surface area (Å²) in [6.07, 6.45) is 4.68. The Bertz CT molecular complexity index is 624. The summed E-state index contributed by atoms with van der Waals surface area (Å²) < 4.78 is 11.4. The van der Waals surface area contributed by atoms with Crippen molar-refractivity contribution in [3.8, 4) is 11.5 Å². The highest BCUT2D eigenvalue weighted by Crippen LogP contribution is 2.40. The van der Waals surface area contributed by atoms with Gasteiger partial charge in [0.15, 0.2) is 11.5 Å². The molecule has 1 N–H and O–H groups in total. The van der Waals surface area contributed by atoms with E-state index in [1.54, 1.807) is 0 Å². The lowest BCUT2D eigenvalue weighted by Crippen LogP contribution is -2.44. The number of nitrogens with one attached hydrogen (secondary N) is 1. The number of hydrogen-bond donors (Lipinski definition) is 1. The summed E-state index contributed by atoms with van der Waals surface area (Å²) in [7, 11) is 0. The second kappa shape index (κ2) is 9.45. The average molecular weight is 375 g/mol. The normalized spacial score (nSPS) is 19.1. The molecule has 150 valence electrons.